The Morgan fingerprint density at radius 2 is 1.96 bits per heavy atom. The lowest BCUT2D eigenvalue weighted by molar-refractivity contribution is 0.300. The lowest BCUT2D eigenvalue weighted by Crippen LogP contribution is -2.25. The van der Waals surface area contributed by atoms with E-state index in [0.717, 1.165) is 47.5 Å². The molecule has 0 spiro atoms. The number of nitrogens with zero attached hydrogens (tertiary/aromatic N) is 2. The van der Waals surface area contributed by atoms with Crippen LogP contribution in [0.15, 0.2) is 29.1 Å². The van der Waals surface area contributed by atoms with Crippen molar-refractivity contribution >= 4 is 21.6 Å². The summed E-state index contributed by atoms with van der Waals surface area (Å²) in [4.78, 5) is 20.1. The highest BCUT2D eigenvalue weighted by molar-refractivity contribution is 7.18. The second kappa shape index (κ2) is 7.85. The van der Waals surface area contributed by atoms with E-state index < -0.39 is 0 Å². The summed E-state index contributed by atoms with van der Waals surface area (Å²) in [5.41, 5.74) is 2.70. The van der Waals surface area contributed by atoms with Crippen LogP contribution < -0.4 is 10.3 Å². The molecule has 27 heavy (non-hydrogen) atoms. The Morgan fingerprint density at radius 1 is 1.19 bits per heavy atom. The number of ether oxygens (including phenoxy) is 1. The summed E-state index contributed by atoms with van der Waals surface area (Å²) in [6, 6.07) is 8.23. The SMILES string of the molecule is CCc1ccc(OCCCn2c(C)nc3sc4c(c3c2=O)CCCC4)cc1. The molecule has 0 saturated heterocycles. The Bertz CT molecular complexity index is 1000. The van der Waals surface area contributed by atoms with Crippen molar-refractivity contribution in [2.24, 2.45) is 0 Å². The van der Waals surface area contributed by atoms with Crippen LogP contribution in [0.25, 0.3) is 10.2 Å². The molecule has 5 heteroatoms. The molecule has 0 fully saturated rings. The molecule has 142 valence electrons. The van der Waals surface area contributed by atoms with Gasteiger partial charge in [0.15, 0.2) is 0 Å². The van der Waals surface area contributed by atoms with E-state index in [-0.39, 0.29) is 5.56 Å². The quantitative estimate of drug-likeness (QED) is 0.582. The number of hydrogen-bond acceptors (Lipinski definition) is 4. The predicted molar refractivity (Wildman–Crippen MR) is 111 cm³/mol. The van der Waals surface area contributed by atoms with E-state index in [1.54, 1.807) is 11.3 Å². The van der Waals surface area contributed by atoms with Gasteiger partial charge in [-0.05, 0) is 68.7 Å². The molecule has 0 radical (unpaired) electrons. The van der Waals surface area contributed by atoms with Gasteiger partial charge in [-0.25, -0.2) is 4.98 Å². The third-order valence-electron chi connectivity index (χ3n) is 5.39. The maximum absolute atomic E-state index is 13.1. The van der Waals surface area contributed by atoms with Crippen molar-refractivity contribution in [2.45, 2.75) is 58.9 Å². The predicted octanol–water partition coefficient (Wildman–Crippen LogP) is 4.68. The molecule has 0 amide bonds. The summed E-state index contributed by atoms with van der Waals surface area (Å²) in [6.45, 7) is 5.32. The molecule has 3 aromatic rings. The average Bonchev–Trinajstić information content (AvgIpc) is 3.05. The van der Waals surface area contributed by atoms with Gasteiger partial charge in [0.2, 0.25) is 0 Å². The Hall–Kier alpha value is -2.14. The van der Waals surface area contributed by atoms with Gasteiger partial charge < -0.3 is 4.74 Å². The monoisotopic (exact) mass is 382 g/mol. The van der Waals surface area contributed by atoms with Gasteiger partial charge >= 0.3 is 0 Å². The highest BCUT2D eigenvalue weighted by Crippen LogP contribution is 2.33. The highest BCUT2D eigenvalue weighted by atomic mass is 32.1. The Morgan fingerprint density at radius 3 is 2.74 bits per heavy atom. The minimum atomic E-state index is 0.129. The normalized spacial score (nSPS) is 13.7. The smallest absolute Gasteiger partial charge is 0.262 e. The van der Waals surface area contributed by atoms with E-state index in [9.17, 15) is 4.79 Å². The molecule has 2 heterocycles. The van der Waals surface area contributed by atoms with Crippen LogP contribution in [0.5, 0.6) is 5.75 Å². The van der Waals surface area contributed by atoms with Gasteiger partial charge in [-0.2, -0.15) is 0 Å². The van der Waals surface area contributed by atoms with E-state index in [2.05, 4.69) is 19.1 Å². The zero-order valence-corrected chi connectivity index (χ0v) is 16.9. The maximum atomic E-state index is 13.1. The minimum absolute atomic E-state index is 0.129. The summed E-state index contributed by atoms with van der Waals surface area (Å²) in [7, 11) is 0. The second-order valence-electron chi connectivity index (χ2n) is 7.21. The lowest BCUT2D eigenvalue weighted by atomic mass is 9.97. The van der Waals surface area contributed by atoms with Crippen molar-refractivity contribution in [3.8, 4) is 5.75 Å². The van der Waals surface area contributed by atoms with Crippen molar-refractivity contribution in [3.63, 3.8) is 0 Å². The molecule has 0 atom stereocenters. The van der Waals surface area contributed by atoms with E-state index in [0.29, 0.717) is 13.2 Å². The van der Waals surface area contributed by atoms with Gasteiger partial charge in [-0.1, -0.05) is 19.1 Å². The fourth-order valence-corrected chi connectivity index (χ4v) is 5.13. The van der Waals surface area contributed by atoms with Crippen LogP contribution >= 0.6 is 11.3 Å². The Kier molecular flexibility index (Phi) is 5.30. The van der Waals surface area contributed by atoms with Crippen LogP contribution in [0.3, 0.4) is 0 Å². The minimum Gasteiger partial charge on any atom is -0.494 e. The first-order valence-corrected chi connectivity index (χ1v) is 10.7. The van der Waals surface area contributed by atoms with Gasteiger partial charge in [-0.3, -0.25) is 9.36 Å². The molecule has 0 unspecified atom stereocenters. The summed E-state index contributed by atoms with van der Waals surface area (Å²) in [5, 5.41) is 0.872. The van der Waals surface area contributed by atoms with Gasteiger partial charge in [0.25, 0.3) is 5.56 Å². The lowest BCUT2D eigenvalue weighted by Gasteiger charge is -2.12. The Labute approximate surface area is 163 Å². The topological polar surface area (TPSA) is 44.1 Å². The van der Waals surface area contributed by atoms with Crippen molar-refractivity contribution in [1.82, 2.24) is 9.55 Å². The third-order valence-corrected chi connectivity index (χ3v) is 6.58. The zero-order chi connectivity index (χ0) is 18.8. The average molecular weight is 383 g/mol. The summed E-state index contributed by atoms with van der Waals surface area (Å²) in [6.07, 6.45) is 6.34. The maximum Gasteiger partial charge on any atom is 0.262 e. The number of hydrogen-bond donors (Lipinski definition) is 0. The summed E-state index contributed by atoms with van der Waals surface area (Å²) < 4.78 is 7.66. The van der Waals surface area contributed by atoms with E-state index >= 15 is 0 Å². The number of aromatic nitrogens is 2. The van der Waals surface area contributed by atoms with E-state index in [4.69, 9.17) is 9.72 Å². The van der Waals surface area contributed by atoms with Crippen LogP contribution in [-0.2, 0) is 25.8 Å². The molecular formula is C22H26N2O2S. The Balaban J connectivity index is 1.47. The van der Waals surface area contributed by atoms with Gasteiger partial charge in [-0.15, -0.1) is 11.3 Å². The first-order valence-electron chi connectivity index (χ1n) is 9.90. The molecule has 1 aliphatic carbocycles. The van der Waals surface area contributed by atoms with Crippen molar-refractivity contribution in [3.05, 3.63) is 56.4 Å². The molecule has 0 saturated carbocycles. The molecule has 0 N–H and O–H groups in total. The molecule has 4 rings (SSSR count). The van der Waals surface area contributed by atoms with Crippen LogP contribution in [0.2, 0.25) is 0 Å². The zero-order valence-electron chi connectivity index (χ0n) is 16.1. The first kappa shape index (κ1) is 18.2. The molecule has 0 bridgehead atoms. The van der Waals surface area contributed by atoms with Crippen LogP contribution in [0.4, 0.5) is 0 Å². The van der Waals surface area contributed by atoms with Gasteiger partial charge in [0, 0.05) is 11.4 Å². The third kappa shape index (κ3) is 3.65. The molecule has 2 aromatic heterocycles. The molecule has 0 aliphatic heterocycles. The molecule has 1 aliphatic rings. The summed E-state index contributed by atoms with van der Waals surface area (Å²) in [5.74, 6) is 1.69. The van der Waals surface area contributed by atoms with Crippen molar-refractivity contribution < 1.29 is 4.74 Å². The molecule has 1 aromatic carbocycles. The second-order valence-corrected chi connectivity index (χ2v) is 8.29. The van der Waals surface area contributed by atoms with Crippen LogP contribution in [0, 0.1) is 6.92 Å². The van der Waals surface area contributed by atoms with Crippen molar-refractivity contribution in [1.29, 1.82) is 0 Å². The number of aryl methyl sites for hydroxylation is 4. The van der Waals surface area contributed by atoms with Crippen molar-refractivity contribution in [2.75, 3.05) is 6.61 Å². The number of fused-ring (bicyclic) bond motifs is 3. The summed E-state index contributed by atoms with van der Waals surface area (Å²) >= 11 is 1.72. The molecular weight excluding hydrogens is 356 g/mol. The van der Waals surface area contributed by atoms with Gasteiger partial charge in [0.05, 0.1) is 12.0 Å². The van der Waals surface area contributed by atoms with Crippen LogP contribution in [0.1, 0.15) is 48.0 Å². The fraction of sp³-hybridized carbons (Fsp3) is 0.455. The van der Waals surface area contributed by atoms with Crippen LogP contribution in [-0.4, -0.2) is 16.2 Å². The number of rotatable bonds is 6. The number of thiophene rings is 1. The largest absolute Gasteiger partial charge is 0.494 e. The molecule has 4 nitrogen and oxygen atoms in total. The van der Waals surface area contributed by atoms with Gasteiger partial charge in [0.1, 0.15) is 16.4 Å². The first-order chi connectivity index (χ1) is 13.2. The number of benzene rings is 1. The standard InChI is InChI=1S/C22H26N2O2S/c1-3-16-9-11-17(12-10-16)26-14-6-13-24-15(2)23-21-20(22(24)25)18-7-4-5-8-19(18)27-21/h9-12H,3-8,13-14H2,1-2H3. The fourth-order valence-electron chi connectivity index (χ4n) is 3.84. The highest BCUT2D eigenvalue weighted by Gasteiger charge is 2.20. The van der Waals surface area contributed by atoms with E-state index in [1.165, 1.54) is 28.8 Å². The van der Waals surface area contributed by atoms with E-state index in [1.807, 2.05) is 23.6 Å².